The molecule has 1 aromatic heterocycles. The highest BCUT2D eigenvalue weighted by atomic mass is 16.5. The molecule has 110 valence electrons. The first-order chi connectivity index (χ1) is 10.1. The summed E-state index contributed by atoms with van der Waals surface area (Å²) in [5.41, 5.74) is 2.62. The predicted molar refractivity (Wildman–Crippen MR) is 77.2 cm³/mol. The lowest BCUT2D eigenvalue weighted by Gasteiger charge is -2.06. The van der Waals surface area contributed by atoms with Gasteiger partial charge < -0.3 is 19.8 Å². The number of hydrogen-bond acceptors (Lipinski definition) is 5. The molecule has 0 unspecified atom stereocenters. The van der Waals surface area contributed by atoms with E-state index in [1.54, 1.807) is 30.3 Å². The Labute approximate surface area is 122 Å². The first kappa shape index (κ1) is 14.6. The van der Waals surface area contributed by atoms with E-state index < -0.39 is 5.97 Å². The average molecular weight is 288 g/mol. The van der Waals surface area contributed by atoms with Crippen LogP contribution in [0.3, 0.4) is 0 Å². The van der Waals surface area contributed by atoms with Crippen LogP contribution in [0.25, 0.3) is 0 Å². The summed E-state index contributed by atoms with van der Waals surface area (Å²) in [5, 5.41) is 3.18. The number of benzene rings is 1. The van der Waals surface area contributed by atoms with Crippen LogP contribution in [-0.2, 0) is 16.0 Å². The van der Waals surface area contributed by atoms with Gasteiger partial charge in [0.1, 0.15) is 5.69 Å². The molecule has 2 rings (SSSR count). The third kappa shape index (κ3) is 3.62. The Morgan fingerprint density at radius 2 is 1.67 bits per heavy atom. The molecule has 0 spiro atoms. The Bertz CT molecular complexity index is 631. The second-order valence-corrected chi connectivity index (χ2v) is 4.31. The molecule has 0 saturated heterocycles. The minimum atomic E-state index is -0.399. The van der Waals surface area contributed by atoms with Crippen molar-refractivity contribution >= 4 is 17.6 Å². The lowest BCUT2D eigenvalue weighted by Crippen LogP contribution is -2.04. The number of nitrogens with one attached hydrogen (secondary N) is 2. The second kappa shape index (κ2) is 6.60. The molecule has 21 heavy (non-hydrogen) atoms. The van der Waals surface area contributed by atoms with Gasteiger partial charge in [0.05, 0.1) is 26.3 Å². The van der Waals surface area contributed by atoms with Gasteiger partial charge in [-0.05, 0) is 36.4 Å². The molecule has 0 aliphatic carbocycles. The van der Waals surface area contributed by atoms with Crippen molar-refractivity contribution in [3.05, 3.63) is 53.3 Å². The zero-order valence-corrected chi connectivity index (χ0v) is 11.8. The Balaban J connectivity index is 1.95. The summed E-state index contributed by atoms with van der Waals surface area (Å²) in [7, 11) is 2.68. The Morgan fingerprint density at radius 3 is 2.29 bits per heavy atom. The van der Waals surface area contributed by atoms with Crippen molar-refractivity contribution in [2.75, 3.05) is 19.5 Å². The summed E-state index contributed by atoms with van der Waals surface area (Å²) < 4.78 is 9.26. The van der Waals surface area contributed by atoms with Crippen molar-refractivity contribution in [1.82, 2.24) is 4.98 Å². The molecule has 0 aliphatic rings. The molecule has 6 heteroatoms. The van der Waals surface area contributed by atoms with Crippen LogP contribution in [0, 0.1) is 0 Å². The molecule has 0 fully saturated rings. The van der Waals surface area contributed by atoms with E-state index in [1.807, 2.05) is 6.07 Å². The van der Waals surface area contributed by atoms with Gasteiger partial charge in [0.15, 0.2) is 0 Å². The zero-order chi connectivity index (χ0) is 15.2. The lowest BCUT2D eigenvalue weighted by atomic mass is 10.2. The average Bonchev–Trinajstić information content (AvgIpc) is 3.01. The van der Waals surface area contributed by atoms with E-state index in [-0.39, 0.29) is 5.97 Å². The fourth-order valence-corrected chi connectivity index (χ4v) is 1.81. The number of hydrogen-bond donors (Lipinski definition) is 2. The van der Waals surface area contributed by atoms with E-state index in [0.717, 1.165) is 11.4 Å². The third-order valence-electron chi connectivity index (χ3n) is 2.94. The molecular weight excluding hydrogens is 272 g/mol. The van der Waals surface area contributed by atoms with Crippen LogP contribution in [0.15, 0.2) is 36.4 Å². The van der Waals surface area contributed by atoms with Crippen LogP contribution < -0.4 is 5.32 Å². The van der Waals surface area contributed by atoms with Gasteiger partial charge in [-0.1, -0.05) is 0 Å². The quantitative estimate of drug-likeness (QED) is 0.824. The molecule has 2 N–H and O–H groups in total. The molecule has 1 aromatic carbocycles. The van der Waals surface area contributed by atoms with Crippen molar-refractivity contribution in [3.63, 3.8) is 0 Å². The van der Waals surface area contributed by atoms with E-state index in [1.165, 1.54) is 14.2 Å². The Hall–Kier alpha value is -2.76. The molecule has 0 radical (unpaired) electrons. The molecule has 0 saturated carbocycles. The number of H-pyrrole nitrogens is 1. The van der Waals surface area contributed by atoms with Gasteiger partial charge in [0, 0.05) is 11.4 Å². The van der Waals surface area contributed by atoms with Crippen molar-refractivity contribution in [2.24, 2.45) is 0 Å². The number of aromatic nitrogens is 1. The topological polar surface area (TPSA) is 80.4 Å². The number of rotatable bonds is 5. The highest BCUT2D eigenvalue weighted by molar-refractivity contribution is 5.89. The minimum Gasteiger partial charge on any atom is -0.465 e. The standard InChI is InChI=1S/C15H16N2O4/c1-20-14(18)10-3-5-11(6-4-10)16-9-12-7-8-13(17-12)15(19)21-2/h3-8,16-17H,9H2,1-2H3. The molecule has 0 atom stereocenters. The summed E-state index contributed by atoms with van der Waals surface area (Å²) in [6, 6.07) is 10.4. The highest BCUT2D eigenvalue weighted by Gasteiger charge is 2.08. The molecule has 0 amide bonds. The van der Waals surface area contributed by atoms with Gasteiger partial charge in [-0.2, -0.15) is 0 Å². The predicted octanol–water partition coefficient (Wildman–Crippen LogP) is 2.20. The molecule has 1 heterocycles. The first-order valence-corrected chi connectivity index (χ1v) is 6.32. The first-order valence-electron chi connectivity index (χ1n) is 6.32. The summed E-state index contributed by atoms with van der Waals surface area (Å²) in [4.78, 5) is 25.6. The summed E-state index contributed by atoms with van der Waals surface area (Å²) in [6.45, 7) is 0.522. The fourth-order valence-electron chi connectivity index (χ4n) is 1.81. The number of esters is 2. The number of ether oxygens (including phenoxy) is 2. The molecule has 0 aliphatic heterocycles. The molecule has 0 bridgehead atoms. The number of carbonyl (C=O) groups excluding carboxylic acids is 2. The SMILES string of the molecule is COC(=O)c1ccc(NCc2ccc(C(=O)OC)[nH]2)cc1. The van der Waals surface area contributed by atoms with Gasteiger partial charge >= 0.3 is 11.9 Å². The maximum atomic E-state index is 11.3. The van der Waals surface area contributed by atoms with Gasteiger partial charge in [0.2, 0.25) is 0 Å². The van der Waals surface area contributed by atoms with Crippen LogP contribution in [-0.4, -0.2) is 31.1 Å². The third-order valence-corrected chi connectivity index (χ3v) is 2.94. The summed E-state index contributed by atoms with van der Waals surface area (Å²) in [5.74, 6) is -0.766. The highest BCUT2D eigenvalue weighted by Crippen LogP contribution is 2.12. The summed E-state index contributed by atoms with van der Waals surface area (Å²) in [6.07, 6.45) is 0. The van der Waals surface area contributed by atoms with E-state index in [4.69, 9.17) is 0 Å². The monoisotopic (exact) mass is 288 g/mol. The van der Waals surface area contributed by atoms with Gasteiger partial charge in [0.25, 0.3) is 0 Å². The maximum Gasteiger partial charge on any atom is 0.354 e. The van der Waals surface area contributed by atoms with Crippen molar-refractivity contribution < 1.29 is 19.1 Å². The second-order valence-electron chi connectivity index (χ2n) is 4.31. The van der Waals surface area contributed by atoms with E-state index in [9.17, 15) is 9.59 Å². The van der Waals surface area contributed by atoms with E-state index >= 15 is 0 Å². The summed E-state index contributed by atoms with van der Waals surface area (Å²) >= 11 is 0. The number of methoxy groups -OCH3 is 2. The Morgan fingerprint density at radius 1 is 1.00 bits per heavy atom. The normalized spacial score (nSPS) is 10.0. The van der Waals surface area contributed by atoms with Crippen LogP contribution in [0.5, 0.6) is 0 Å². The number of carbonyl (C=O) groups is 2. The molecule has 2 aromatic rings. The maximum absolute atomic E-state index is 11.3. The van der Waals surface area contributed by atoms with Crippen LogP contribution in [0.1, 0.15) is 26.5 Å². The van der Waals surface area contributed by atoms with Crippen molar-refractivity contribution in [1.29, 1.82) is 0 Å². The minimum absolute atomic E-state index is 0.367. The van der Waals surface area contributed by atoms with Crippen LogP contribution >= 0.6 is 0 Å². The van der Waals surface area contributed by atoms with Gasteiger partial charge in [-0.15, -0.1) is 0 Å². The van der Waals surface area contributed by atoms with Crippen LogP contribution in [0.2, 0.25) is 0 Å². The van der Waals surface area contributed by atoms with Gasteiger partial charge in [-0.3, -0.25) is 0 Å². The fraction of sp³-hybridized carbons (Fsp3) is 0.200. The largest absolute Gasteiger partial charge is 0.465 e. The van der Waals surface area contributed by atoms with Gasteiger partial charge in [-0.25, -0.2) is 9.59 Å². The van der Waals surface area contributed by atoms with E-state index in [2.05, 4.69) is 19.8 Å². The van der Waals surface area contributed by atoms with Crippen LogP contribution in [0.4, 0.5) is 5.69 Å². The number of aromatic amines is 1. The number of anilines is 1. The lowest BCUT2D eigenvalue weighted by molar-refractivity contribution is 0.0588. The zero-order valence-electron chi connectivity index (χ0n) is 11.8. The smallest absolute Gasteiger partial charge is 0.354 e. The Kier molecular flexibility index (Phi) is 4.61. The van der Waals surface area contributed by atoms with Crippen molar-refractivity contribution in [3.8, 4) is 0 Å². The molecule has 6 nitrogen and oxygen atoms in total. The van der Waals surface area contributed by atoms with Crippen molar-refractivity contribution in [2.45, 2.75) is 6.54 Å². The van der Waals surface area contributed by atoms with E-state index in [0.29, 0.717) is 17.8 Å². The molecular formula is C15H16N2O4.